The second kappa shape index (κ2) is 30.6. The van der Waals surface area contributed by atoms with Gasteiger partial charge in [0.15, 0.2) is 37.7 Å². The molecule has 23 aliphatic heterocycles. The van der Waals surface area contributed by atoms with E-state index in [1.165, 1.54) is 13.1 Å². The molecule has 0 radical (unpaired) electrons. The van der Waals surface area contributed by atoms with Gasteiger partial charge in [-0.15, -0.1) is 0 Å². The molecule has 1 aromatic heterocycles. The van der Waals surface area contributed by atoms with E-state index in [1.54, 1.807) is 0 Å². The van der Waals surface area contributed by atoms with Crippen molar-refractivity contribution in [3.05, 3.63) is 43.0 Å². The van der Waals surface area contributed by atoms with Crippen molar-refractivity contribution in [2.75, 3.05) is 46.2 Å². The van der Waals surface area contributed by atoms with Gasteiger partial charge in [-0.1, -0.05) is 5.11 Å². The van der Waals surface area contributed by atoms with Gasteiger partial charge < -0.3 is 158 Å². The fourth-order valence-corrected chi connectivity index (χ4v) is 11.6. The average Bonchev–Trinajstić information content (AvgIpc) is 1.70. The van der Waals surface area contributed by atoms with Crippen molar-refractivity contribution in [2.45, 2.75) is 229 Å². The number of carbonyl (C=O) groups excluding carboxylic acids is 2. The highest BCUT2D eigenvalue weighted by atomic mass is 16.8. The van der Waals surface area contributed by atoms with Gasteiger partial charge in [0.05, 0.1) is 51.9 Å². The van der Waals surface area contributed by atoms with Crippen LogP contribution in [0.5, 0.6) is 0 Å². The van der Waals surface area contributed by atoms with Crippen molar-refractivity contribution in [2.24, 2.45) is 5.11 Å². The van der Waals surface area contributed by atoms with Crippen LogP contribution >= 0.6 is 0 Å². The number of aryl methyl sites for hydroxylation is 1. The summed E-state index contributed by atoms with van der Waals surface area (Å²) >= 11 is 0. The van der Waals surface area contributed by atoms with Gasteiger partial charge in [-0.2, -0.15) is 0 Å². The standard InChI is InChI=1S/C50H75N5O36/c1-13-5-55(50(76)52-43(13)75)22-4-14(53-54-51)20(79-22)11-77-23(61)2-3-24(62)78-12-21-42-30(68)36(74)49(85-21)90-41-19(10-60)83-47(34(72)28(41)66)88-39-17(8-58)81-45(32(70)26(39)64)86-37-15(6-56)80-44(31(69)25(37)63)87-38-16(7-57)82-46(33(71)27(38)65)89-40-18(9-59)84-48(91-42)35(73)29(40)67/h5,14-22,25-42,44-49,56-60,63-74H,2-4,6-12H2,1H3,(H,52,75,76)/t14-,15+,16+,17+,18+,19+,20+,21+,22+,25+,26+,27+,28+,29+,30+,31+,32+,33+,34+,35+,36+,37+,38+,39+,40+,41+,42+,44+,45+,46+,47+,48+,49+/m0/s1. The Morgan fingerprint density at radius 1 is 0.473 bits per heavy atom. The summed E-state index contributed by atoms with van der Waals surface area (Å²) in [7, 11) is 0. The van der Waals surface area contributed by atoms with Gasteiger partial charge in [0.2, 0.25) is 0 Å². The van der Waals surface area contributed by atoms with Crippen LogP contribution in [-0.4, -0.2) is 351 Å². The number of H-pyrrole nitrogens is 1. The lowest BCUT2D eigenvalue weighted by Gasteiger charge is -2.50. The number of carbonyl (C=O) groups is 2. The molecule has 516 valence electrons. The van der Waals surface area contributed by atoms with E-state index >= 15 is 0 Å². The molecule has 0 amide bonds. The second-order valence-electron chi connectivity index (χ2n) is 22.6. The quantitative estimate of drug-likeness (QED) is 0.0356. The maximum Gasteiger partial charge on any atom is 0.330 e. The Hall–Kier alpha value is -4.27. The number of azide groups is 1. The van der Waals surface area contributed by atoms with Crippen molar-refractivity contribution in [1.29, 1.82) is 0 Å². The second-order valence-corrected chi connectivity index (χ2v) is 22.6. The lowest BCUT2D eigenvalue weighted by atomic mass is 9.94. The van der Waals surface area contributed by atoms with Crippen molar-refractivity contribution in [3.8, 4) is 0 Å². The minimum Gasteiger partial charge on any atom is -0.463 e. The van der Waals surface area contributed by atoms with Crippen LogP contribution in [0.2, 0.25) is 0 Å². The monoisotopic (exact) mass is 1320 g/mol. The van der Waals surface area contributed by atoms with Gasteiger partial charge in [0.1, 0.15) is 172 Å². The summed E-state index contributed by atoms with van der Waals surface area (Å²) in [5, 5.41) is 193. The lowest BCUT2D eigenvalue weighted by Crippen LogP contribution is -2.69. The predicted molar refractivity (Wildman–Crippen MR) is 277 cm³/mol. The number of rotatable bonds is 14. The number of hydrogen-bond donors (Lipinski definition) is 18. The number of aromatic amines is 1. The minimum absolute atomic E-state index is 0.0730. The summed E-state index contributed by atoms with van der Waals surface area (Å²) in [6.07, 6.45) is -64.6. The summed E-state index contributed by atoms with van der Waals surface area (Å²) in [6, 6.07) is -0.974. The maximum atomic E-state index is 13.3. The fourth-order valence-electron chi connectivity index (χ4n) is 11.6. The van der Waals surface area contributed by atoms with Gasteiger partial charge in [0.25, 0.3) is 5.56 Å². The molecular weight excluding hydrogens is 1250 g/mol. The van der Waals surface area contributed by atoms with Crippen molar-refractivity contribution >= 4 is 11.9 Å². The van der Waals surface area contributed by atoms with Crippen LogP contribution in [0.25, 0.3) is 10.4 Å². The van der Waals surface area contributed by atoms with Gasteiger partial charge in [0, 0.05) is 23.1 Å². The molecule has 0 aliphatic carbocycles. The molecule has 23 aliphatic rings. The zero-order valence-electron chi connectivity index (χ0n) is 47.8. The number of hydrogen-bond acceptors (Lipinski definition) is 37. The Morgan fingerprint density at radius 3 is 1.05 bits per heavy atom. The zero-order chi connectivity index (χ0) is 66.0. The molecule has 41 nitrogen and oxygen atoms in total. The number of aromatic nitrogens is 2. The third-order valence-electron chi connectivity index (χ3n) is 16.7. The van der Waals surface area contributed by atoms with E-state index in [-0.39, 0.29) is 12.0 Å². The first-order valence-corrected chi connectivity index (χ1v) is 28.8. The maximum absolute atomic E-state index is 13.3. The first-order chi connectivity index (χ1) is 43.4. The molecule has 0 spiro atoms. The highest BCUT2D eigenvalue weighted by Crippen LogP contribution is 2.39. The molecule has 0 unspecified atom stereocenters. The lowest BCUT2D eigenvalue weighted by molar-refractivity contribution is -0.404. The SMILES string of the molecule is Cc1cn([C@H]2C[C@H](N=[N+]=[N-])[C@@H](COC(=O)CCC(=O)OC[C@H]3O[C@@H]4O[C@H]5[C@H](O)[C@@H](O)[C@@H](O[C@H]6[C@H](O)[C@@H](O)[C@@H](O[C@H]7[C@H](O)[C@@H](O)[C@@H](O[C@H]8[C@H](O)[C@@H](O)[C@@H](O[C@H]9[C@H](O)[C@@H](O)[C@@H](O[C@H]3[C@H](O)[C@H]4O)O[C@@H]9CO)O[C@@H]8CO)O[C@@H]7CO)O[C@@H]6CO)O[C@@H]5CO)O2)c(=O)[nH]c1=O. The molecular formula is C50H75N5O36. The van der Waals surface area contributed by atoms with E-state index in [4.69, 9.17) is 71.1 Å². The van der Waals surface area contributed by atoms with E-state index in [2.05, 4.69) is 15.0 Å². The molecule has 0 saturated carbocycles. The molecule has 41 heteroatoms. The Morgan fingerprint density at radius 2 is 0.758 bits per heavy atom. The summed E-state index contributed by atoms with van der Waals surface area (Å²) in [6.45, 7) is -5.53. The van der Waals surface area contributed by atoms with E-state index < -0.39 is 285 Å². The molecule has 18 N–H and O–H groups in total. The zero-order valence-corrected chi connectivity index (χ0v) is 47.8. The number of esters is 2. The third-order valence-corrected chi connectivity index (χ3v) is 16.7. The van der Waals surface area contributed by atoms with E-state index in [0.29, 0.717) is 0 Å². The summed E-state index contributed by atoms with van der Waals surface area (Å²) in [5.74, 6) is -2.20. The minimum atomic E-state index is -2.33. The van der Waals surface area contributed by atoms with Gasteiger partial charge >= 0.3 is 17.6 Å². The normalized spacial score (nSPS) is 46.4. The molecule has 23 saturated heterocycles. The molecule has 24 heterocycles. The Kier molecular flexibility index (Phi) is 23.9. The van der Waals surface area contributed by atoms with Crippen molar-refractivity contribution < 1.29 is 167 Å². The Labute approximate surface area is 511 Å². The highest BCUT2D eigenvalue weighted by Gasteiger charge is 2.59. The molecule has 1 aromatic rings. The average molecular weight is 1320 g/mol. The first kappa shape index (κ1) is 71.0. The van der Waals surface area contributed by atoms with Gasteiger partial charge in [-0.3, -0.25) is 23.9 Å². The number of nitrogens with zero attached hydrogens (tertiary/aromatic N) is 4. The van der Waals surface area contributed by atoms with Crippen LogP contribution in [0.1, 0.15) is 31.1 Å². The van der Waals surface area contributed by atoms with Crippen LogP contribution in [0, 0.1) is 6.92 Å². The van der Waals surface area contributed by atoms with Crippen molar-refractivity contribution in [3.63, 3.8) is 0 Å². The number of aliphatic hydroxyl groups excluding tert-OH is 17. The summed E-state index contributed by atoms with van der Waals surface area (Å²) < 4.78 is 86.7. The largest absolute Gasteiger partial charge is 0.463 e. The van der Waals surface area contributed by atoms with Gasteiger partial charge in [-0.05, 0) is 12.5 Å². The fraction of sp³-hybridized carbons (Fsp3) is 0.880. The molecule has 12 bridgehead atoms. The molecule has 0 aromatic carbocycles. The van der Waals surface area contributed by atoms with Crippen LogP contribution in [0.3, 0.4) is 0 Å². The van der Waals surface area contributed by atoms with Crippen LogP contribution in [0.15, 0.2) is 20.9 Å². The Bertz CT molecular complexity index is 2740. The van der Waals surface area contributed by atoms with Crippen LogP contribution in [0.4, 0.5) is 0 Å². The summed E-state index contributed by atoms with van der Waals surface area (Å²) in [5.41, 5.74) is 7.85. The highest BCUT2D eigenvalue weighted by molar-refractivity contribution is 5.77. The molecule has 24 rings (SSSR count). The van der Waals surface area contributed by atoms with E-state index in [9.17, 15) is 112 Å². The molecule has 33 atom stereocenters. The number of nitrogens with one attached hydrogen (secondary N) is 1. The van der Waals surface area contributed by atoms with Gasteiger partial charge in [-0.25, -0.2) is 4.79 Å². The molecule has 91 heavy (non-hydrogen) atoms. The Balaban J connectivity index is 0.946. The predicted octanol–water partition coefficient (Wildman–Crippen LogP) is -12.4. The molecule has 23 fully saturated rings. The topological polar surface area (TPSA) is 620 Å². The smallest absolute Gasteiger partial charge is 0.330 e. The number of aliphatic hydroxyl groups is 17. The first-order valence-electron chi connectivity index (χ1n) is 28.8. The van der Waals surface area contributed by atoms with E-state index in [0.717, 1.165) is 4.57 Å². The van der Waals surface area contributed by atoms with Crippen LogP contribution < -0.4 is 11.2 Å². The van der Waals surface area contributed by atoms with Crippen molar-refractivity contribution in [1.82, 2.24) is 9.55 Å². The summed E-state index contributed by atoms with van der Waals surface area (Å²) in [4.78, 5) is 55.7. The van der Waals surface area contributed by atoms with Crippen LogP contribution in [-0.2, 0) is 80.6 Å². The van der Waals surface area contributed by atoms with E-state index in [1.807, 2.05) is 0 Å². The third kappa shape index (κ3) is 15.1. The number of ether oxygens (including phenoxy) is 15.